The number of carbonyl (C=O) groups is 2. The summed E-state index contributed by atoms with van der Waals surface area (Å²) >= 11 is 1.31. The molecule has 1 aromatic heterocycles. The molecule has 0 unspecified atom stereocenters. The number of methoxy groups -OCH3 is 2. The molecule has 1 amide bonds. The SMILES string of the molecule is CCCCCOCN(C(=O)[C@@H](N=[N+]=[N-])[C@@H](C)CC)[C@H](C[C@@H](OC)c1nc(C(=O)OC)cs1)C(C)C. The molecule has 0 radical (unpaired) electrons. The van der Waals surface area contributed by atoms with Gasteiger partial charge in [0.2, 0.25) is 5.91 Å². The number of thiazole rings is 1. The Balaban J connectivity index is 3.25. The zero-order chi connectivity index (χ0) is 26.4. The number of unbranched alkanes of at least 4 members (excludes halogenated alkanes) is 2. The van der Waals surface area contributed by atoms with Crippen molar-refractivity contribution in [1.29, 1.82) is 0 Å². The Morgan fingerprint density at radius 3 is 2.49 bits per heavy atom. The third-order valence-corrected chi connectivity index (χ3v) is 7.06. The Morgan fingerprint density at radius 2 is 1.94 bits per heavy atom. The van der Waals surface area contributed by atoms with Crippen molar-refractivity contribution in [1.82, 2.24) is 9.88 Å². The monoisotopic (exact) mass is 511 g/mol. The van der Waals surface area contributed by atoms with E-state index in [1.807, 2.05) is 27.7 Å². The molecule has 0 spiro atoms. The number of esters is 1. The smallest absolute Gasteiger partial charge is 0.357 e. The van der Waals surface area contributed by atoms with Gasteiger partial charge in [0, 0.05) is 36.5 Å². The predicted octanol–water partition coefficient (Wildman–Crippen LogP) is 5.75. The van der Waals surface area contributed by atoms with Crippen LogP contribution >= 0.6 is 11.3 Å². The van der Waals surface area contributed by atoms with Gasteiger partial charge in [0.1, 0.15) is 23.9 Å². The molecule has 198 valence electrons. The van der Waals surface area contributed by atoms with Gasteiger partial charge in [-0.3, -0.25) is 4.79 Å². The predicted molar refractivity (Wildman–Crippen MR) is 136 cm³/mol. The Morgan fingerprint density at radius 1 is 1.23 bits per heavy atom. The standard InChI is InChI=1S/C24H41N5O5S/c1-8-10-11-12-34-15-29(23(30)21(27-28-25)17(5)9-2)19(16(3)4)13-20(32-6)22-26-18(14-35-22)24(31)33-7/h14,16-17,19-21H,8-13,15H2,1-7H3/t17-,19+,20+,21-/m0/s1. The van der Waals surface area contributed by atoms with Crippen LogP contribution in [0.2, 0.25) is 0 Å². The van der Waals surface area contributed by atoms with Crippen molar-refractivity contribution in [3.63, 3.8) is 0 Å². The van der Waals surface area contributed by atoms with Gasteiger partial charge in [0.05, 0.1) is 7.11 Å². The van der Waals surface area contributed by atoms with Gasteiger partial charge in [-0.25, -0.2) is 9.78 Å². The molecule has 35 heavy (non-hydrogen) atoms. The fourth-order valence-corrected chi connectivity index (χ4v) is 4.58. The lowest BCUT2D eigenvalue weighted by atomic mass is 9.93. The third-order valence-electron chi connectivity index (χ3n) is 6.12. The Kier molecular flexibility index (Phi) is 14.5. The molecule has 0 fully saturated rings. The van der Waals surface area contributed by atoms with Crippen LogP contribution < -0.4 is 0 Å². The quantitative estimate of drug-likeness (QED) is 0.0654. The van der Waals surface area contributed by atoms with E-state index in [4.69, 9.17) is 19.7 Å². The lowest BCUT2D eigenvalue weighted by molar-refractivity contribution is -0.145. The van der Waals surface area contributed by atoms with E-state index in [9.17, 15) is 9.59 Å². The molecule has 1 heterocycles. The number of hydrogen-bond donors (Lipinski definition) is 0. The van der Waals surface area contributed by atoms with Crippen molar-refractivity contribution in [3.05, 3.63) is 26.5 Å². The second-order valence-corrected chi connectivity index (χ2v) is 9.81. The van der Waals surface area contributed by atoms with Crippen LogP contribution in [0.3, 0.4) is 0 Å². The Labute approximate surface area is 213 Å². The molecule has 1 rings (SSSR count). The van der Waals surface area contributed by atoms with Gasteiger partial charge >= 0.3 is 5.97 Å². The van der Waals surface area contributed by atoms with Crippen LogP contribution in [0.1, 0.15) is 88.3 Å². The summed E-state index contributed by atoms with van der Waals surface area (Å²) in [4.78, 5) is 34.6. The summed E-state index contributed by atoms with van der Waals surface area (Å²) in [6.45, 7) is 10.7. The fourth-order valence-electron chi connectivity index (χ4n) is 3.71. The van der Waals surface area contributed by atoms with Crippen LogP contribution in [0.25, 0.3) is 10.4 Å². The average molecular weight is 512 g/mol. The molecule has 0 saturated heterocycles. The molecule has 0 saturated carbocycles. The molecule has 0 aliphatic heterocycles. The van der Waals surface area contributed by atoms with Crippen molar-refractivity contribution in [2.75, 3.05) is 27.6 Å². The average Bonchev–Trinajstić information content (AvgIpc) is 3.34. The van der Waals surface area contributed by atoms with Gasteiger partial charge in [-0.1, -0.05) is 59.0 Å². The van der Waals surface area contributed by atoms with Crippen molar-refractivity contribution in [2.24, 2.45) is 17.0 Å². The number of azide groups is 1. The van der Waals surface area contributed by atoms with E-state index in [1.165, 1.54) is 18.4 Å². The van der Waals surface area contributed by atoms with Crippen LogP contribution in [-0.2, 0) is 19.0 Å². The van der Waals surface area contributed by atoms with E-state index in [0.717, 1.165) is 19.3 Å². The maximum absolute atomic E-state index is 13.7. The Hall–Kier alpha value is -2.20. The minimum Gasteiger partial charge on any atom is -0.464 e. The minimum absolute atomic E-state index is 0.0551. The molecular weight excluding hydrogens is 470 g/mol. The lowest BCUT2D eigenvalue weighted by Crippen LogP contribution is -2.50. The molecule has 0 aliphatic rings. The van der Waals surface area contributed by atoms with E-state index in [0.29, 0.717) is 24.5 Å². The maximum Gasteiger partial charge on any atom is 0.357 e. The summed E-state index contributed by atoms with van der Waals surface area (Å²) in [6, 6.07) is -1.10. The van der Waals surface area contributed by atoms with Gasteiger partial charge in [0.15, 0.2) is 5.69 Å². The summed E-state index contributed by atoms with van der Waals surface area (Å²) in [5.41, 5.74) is 9.35. The van der Waals surface area contributed by atoms with Crippen molar-refractivity contribution < 1.29 is 23.8 Å². The van der Waals surface area contributed by atoms with E-state index < -0.39 is 18.1 Å². The van der Waals surface area contributed by atoms with E-state index >= 15 is 0 Å². The van der Waals surface area contributed by atoms with Gasteiger partial charge in [-0.05, 0) is 23.8 Å². The molecule has 0 aromatic carbocycles. The third kappa shape index (κ3) is 9.40. The van der Waals surface area contributed by atoms with Crippen molar-refractivity contribution >= 4 is 23.2 Å². The summed E-state index contributed by atoms with van der Waals surface area (Å²) in [5, 5.41) is 6.11. The highest BCUT2D eigenvalue weighted by Gasteiger charge is 2.35. The molecule has 4 atom stereocenters. The van der Waals surface area contributed by atoms with Gasteiger partial charge < -0.3 is 19.1 Å². The lowest BCUT2D eigenvalue weighted by Gasteiger charge is -2.38. The van der Waals surface area contributed by atoms with Crippen LogP contribution in [-0.4, -0.2) is 61.4 Å². The first-order valence-corrected chi connectivity index (χ1v) is 13.1. The maximum atomic E-state index is 13.7. The van der Waals surface area contributed by atoms with Crippen molar-refractivity contribution in [3.8, 4) is 0 Å². The first-order chi connectivity index (χ1) is 16.7. The summed E-state index contributed by atoms with van der Waals surface area (Å²) in [5.74, 6) is -0.825. The molecule has 0 aliphatic carbocycles. The highest BCUT2D eigenvalue weighted by atomic mass is 32.1. The van der Waals surface area contributed by atoms with E-state index in [2.05, 4.69) is 21.9 Å². The topological polar surface area (TPSA) is 127 Å². The first kappa shape index (κ1) is 30.8. The van der Waals surface area contributed by atoms with Crippen LogP contribution in [0, 0.1) is 11.8 Å². The van der Waals surface area contributed by atoms with Crippen LogP contribution in [0.15, 0.2) is 10.5 Å². The number of aromatic nitrogens is 1. The van der Waals surface area contributed by atoms with Gasteiger partial charge in [-0.2, -0.15) is 0 Å². The van der Waals surface area contributed by atoms with Crippen molar-refractivity contribution in [2.45, 2.75) is 84.9 Å². The van der Waals surface area contributed by atoms with E-state index in [1.54, 1.807) is 17.4 Å². The zero-order valence-electron chi connectivity index (χ0n) is 22.1. The highest BCUT2D eigenvalue weighted by Crippen LogP contribution is 2.31. The number of rotatable bonds is 17. The second-order valence-electron chi connectivity index (χ2n) is 8.92. The highest BCUT2D eigenvalue weighted by molar-refractivity contribution is 7.09. The largest absolute Gasteiger partial charge is 0.464 e. The molecule has 0 N–H and O–H groups in total. The van der Waals surface area contributed by atoms with E-state index in [-0.39, 0.29) is 36.2 Å². The molecule has 11 heteroatoms. The molecule has 0 bridgehead atoms. The number of amides is 1. The number of ether oxygens (including phenoxy) is 3. The summed E-state index contributed by atoms with van der Waals surface area (Å²) in [6.07, 6.45) is 3.73. The number of hydrogen-bond acceptors (Lipinski definition) is 8. The summed E-state index contributed by atoms with van der Waals surface area (Å²) in [7, 11) is 2.89. The number of carbonyl (C=O) groups excluding carboxylic acids is 2. The summed E-state index contributed by atoms with van der Waals surface area (Å²) < 4.78 is 16.4. The Bertz CT molecular complexity index is 827. The van der Waals surface area contributed by atoms with Gasteiger partial charge in [-0.15, -0.1) is 11.3 Å². The number of nitrogens with zero attached hydrogens (tertiary/aromatic N) is 5. The first-order valence-electron chi connectivity index (χ1n) is 12.2. The molecule has 1 aromatic rings. The normalized spacial score (nSPS) is 14.6. The minimum atomic E-state index is -0.822. The fraction of sp³-hybridized carbons (Fsp3) is 0.792. The molecule has 10 nitrogen and oxygen atoms in total. The second kappa shape index (κ2) is 16.5. The van der Waals surface area contributed by atoms with Gasteiger partial charge in [0.25, 0.3) is 0 Å². The zero-order valence-corrected chi connectivity index (χ0v) is 22.9. The van der Waals surface area contributed by atoms with Crippen LogP contribution in [0.5, 0.6) is 0 Å². The molecular formula is C24H41N5O5S. The van der Waals surface area contributed by atoms with Crippen LogP contribution in [0.4, 0.5) is 0 Å².